The maximum atomic E-state index is 10.7. The van der Waals surface area contributed by atoms with Crippen LogP contribution in [0.4, 0.5) is 0 Å². The fourth-order valence-electron chi connectivity index (χ4n) is 0.694. The molecule has 1 rings (SSSR count). The molecule has 0 aliphatic heterocycles. The molecule has 0 aromatic carbocycles. The van der Waals surface area contributed by atoms with Crippen molar-refractivity contribution in [3.63, 3.8) is 0 Å². The van der Waals surface area contributed by atoms with Gasteiger partial charge < -0.3 is 9.52 Å². The summed E-state index contributed by atoms with van der Waals surface area (Å²) >= 11 is 0. The van der Waals surface area contributed by atoms with Crippen LogP contribution in [-0.4, -0.2) is 5.11 Å². The first-order valence-corrected chi connectivity index (χ1v) is 2.94. The molecule has 0 radical (unpaired) electrons. The highest BCUT2D eigenvalue weighted by molar-refractivity contribution is 5.18. The summed E-state index contributed by atoms with van der Waals surface area (Å²) in [6, 6.07) is 1.58. The Morgan fingerprint density at radius 2 is 2.40 bits per heavy atom. The zero-order valence-electron chi connectivity index (χ0n) is 5.63. The van der Waals surface area contributed by atoms with E-state index in [1.165, 1.54) is 6.26 Å². The van der Waals surface area contributed by atoms with Gasteiger partial charge in [0.1, 0.15) is 0 Å². The standard InChI is InChI=1S/C7H8O3/c1-5-6(4-8)2-3-10-7(5)9/h2-3,8H,4H2,1H3. The largest absolute Gasteiger partial charge is 0.431 e. The van der Waals surface area contributed by atoms with Gasteiger partial charge in [0.2, 0.25) is 0 Å². The topological polar surface area (TPSA) is 50.4 Å². The Hall–Kier alpha value is -1.09. The lowest BCUT2D eigenvalue weighted by Crippen LogP contribution is -2.05. The minimum absolute atomic E-state index is 0.114. The molecule has 0 spiro atoms. The zero-order valence-corrected chi connectivity index (χ0v) is 5.63. The quantitative estimate of drug-likeness (QED) is 0.615. The van der Waals surface area contributed by atoms with Crippen LogP contribution in [0, 0.1) is 6.92 Å². The van der Waals surface area contributed by atoms with Crippen LogP contribution in [0.15, 0.2) is 21.5 Å². The molecule has 54 valence electrons. The molecule has 1 heterocycles. The molecule has 0 atom stereocenters. The summed E-state index contributed by atoms with van der Waals surface area (Å²) in [6.45, 7) is 1.51. The Balaban J connectivity index is 3.28. The monoisotopic (exact) mass is 140 g/mol. The third-order valence-corrected chi connectivity index (χ3v) is 1.40. The third-order valence-electron chi connectivity index (χ3n) is 1.40. The predicted octanol–water partition coefficient (Wildman–Crippen LogP) is 0.441. The zero-order chi connectivity index (χ0) is 7.56. The maximum absolute atomic E-state index is 10.7. The molecule has 10 heavy (non-hydrogen) atoms. The van der Waals surface area contributed by atoms with Gasteiger partial charge in [-0.1, -0.05) is 0 Å². The molecule has 0 aliphatic rings. The van der Waals surface area contributed by atoms with E-state index in [1.54, 1.807) is 13.0 Å². The van der Waals surface area contributed by atoms with Crippen molar-refractivity contribution in [3.8, 4) is 0 Å². The molecule has 0 unspecified atom stereocenters. The summed E-state index contributed by atoms with van der Waals surface area (Å²) in [6.07, 6.45) is 1.28. The molecule has 1 aromatic rings. The van der Waals surface area contributed by atoms with Crippen LogP contribution in [0.2, 0.25) is 0 Å². The third kappa shape index (κ3) is 1.09. The van der Waals surface area contributed by atoms with Crippen molar-refractivity contribution in [2.45, 2.75) is 13.5 Å². The molecule has 1 N–H and O–H groups in total. The second-order valence-electron chi connectivity index (χ2n) is 2.02. The lowest BCUT2D eigenvalue weighted by Gasteiger charge is -1.96. The SMILES string of the molecule is Cc1c(CO)ccoc1=O. The van der Waals surface area contributed by atoms with Gasteiger partial charge in [-0.2, -0.15) is 0 Å². The first kappa shape index (κ1) is 7.02. The fraction of sp³-hybridized carbons (Fsp3) is 0.286. The number of aliphatic hydroxyl groups excluding tert-OH is 1. The molecular weight excluding hydrogens is 132 g/mol. The van der Waals surface area contributed by atoms with Crippen LogP contribution >= 0.6 is 0 Å². The van der Waals surface area contributed by atoms with E-state index < -0.39 is 0 Å². The Morgan fingerprint density at radius 3 is 2.90 bits per heavy atom. The van der Waals surface area contributed by atoms with E-state index in [4.69, 9.17) is 5.11 Å². The van der Waals surface area contributed by atoms with Gasteiger partial charge in [-0.25, -0.2) is 4.79 Å². The molecular formula is C7H8O3. The molecule has 0 aliphatic carbocycles. The van der Waals surface area contributed by atoms with E-state index in [-0.39, 0.29) is 12.2 Å². The minimum atomic E-state index is -0.383. The van der Waals surface area contributed by atoms with Crippen LogP contribution in [-0.2, 0) is 6.61 Å². The number of rotatable bonds is 1. The summed E-state index contributed by atoms with van der Waals surface area (Å²) in [5, 5.41) is 8.66. The van der Waals surface area contributed by atoms with E-state index in [2.05, 4.69) is 4.42 Å². The van der Waals surface area contributed by atoms with Crippen LogP contribution < -0.4 is 5.63 Å². The average Bonchev–Trinajstić information content (AvgIpc) is 1.95. The van der Waals surface area contributed by atoms with Crippen LogP contribution in [0.3, 0.4) is 0 Å². The summed E-state index contributed by atoms with van der Waals surface area (Å²) < 4.78 is 4.53. The van der Waals surface area contributed by atoms with Gasteiger partial charge in [-0.05, 0) is 18.6 Å². The average molecular weight is 140 g/mol. The number of hydrogen-bond donors (Lipinski definition) is 1. The Morgan fingerprint density at radius 1 is 1.70 bits per heavy atom. The fourth-order valence-corrected chi connectivity index (χ4v) is 0.694. The van der Waals surface area contributed by atoms with Gasteiger partial charge in [0, 0.05) is 5.56 Å². The Bertz CT molecular complexity index is 274. The van der Waals surface area contributed by atoms with Crippen molar-refractivity contribution in [2.24, 2.45) is 0 Å². The van der Waals surface area contributed by atoms with Crippen LogP contribution in [0.1, 0.15) is 11.1 Å². The molecule has 0 bridgehead atoms. The first-order chi connectivity index (χ1) is 4.75. The van der Waals surface area contributed by atoms with E-state index >= 15 is 0 Å². The summed E-state index contributed by atoms with van der Waals surface area (Å²) in [7, 11) is 0. The maximum Gasteiger partial charge on any atom is 0.338 e. The minimum Gasteiger partial charge on any atom is -0.431 e. The van der Waals surface area contributed by atoms with Gasteiger partial charge in [-0.3, -0.25) is 0 Å². The van der Waals surface area contributed by atoms with Gasteiger partial charge in [-0.15, -0.1) is 0 Å². The smallest absolute Gasteiger partial charge is 0.338 e. The molecule has 0 fully saturated rings. The van der Waals surface area contributed by atoms with Gasteiger partial charge in [0.05, 0.1) is 12.9 Å². The summed E-state index contributed by atoms with van der Waals surface area (Å²) in [5.74, 6) is 0. The van der Waals surface area contributed by atoms with Gasteiger partial charge in [0.15, 0.2) is 0 Å². The van der Waals surface area contributed by atoms with E-state index in [1.807, 2.05) is 0 Å². The van der Waals surface area contributed by atoms with Crippen molar-refractivity contribution >= 4 is 0 Å². The second kappa shape index (κ2) is 2.66. The van der Waals surface area contributed by atoms with Gasteiger partial charge in [0.25, 0.3) is 0 Å². The second-order valence-corrected chi connectivity index (χ2v) is 2.02. The van der Waals surface area contributed by atoms with Crippen molar-refractivity contribution in [2.75, 3.05) is 0 Å². The van der Waals surface area contributed by atoms with Gasteiger partial charge >= 0.3 is 5.63 Å². The predicted molar refractivity (Wildman–Crippen MR) is 35.6 cm³/mol. The highest BCUT2D eigenvalue weighted by Gasteiger charge is 1.99. The molecule has 3 nitrogen and oxygen atoms in total. The molecule has 1 aromatic heterocycles. The summed E-state index contributed by atoms with van der Waals surface area (Å²) in [5.41, 5.74) is 0.716. The van der Waals surface area contributed by atoms with Crippen molar-refractivity contribution in [1.29, 1.82) is 0 Å². The molecule has 3 heteroatoms. The van der Waals surface area contributed by atoms with E-state index in [0.717, 1.165) is 0 Å². The molecule has 0 saturated carbocycles. The van der Waals surface area contributed by atoms with E-state index in [9.17, 15) is 4.79 Å². The molecule has 0 saturated heterocycles. The lowest BCUT2D eigenvalue weighted by atomic mass is 10.2. The van der Waals surface area contributed by atoms with Crippen LogP contribution in [0.5, 0.6) is 0 Å². The first-order valence-electron chi connectivity index (χ1n) is 2.94. The van der Waals surface area contributed by atoms with Crippen molar-refractivity contribution in [1.82, 2.24) is 0 Å². The highest BCUT2D eigenvalue weighted by atomic mass is 16.4. The normalized spacial score (nSPS) is 9.80. The Labute approximate surface area is 57.9 Å². The Kier molecular flexibility index (Phi) is 1.87. The van der Waals surface area contributed by atoms with Crippen molar-refractivity contribution in [3.05, 3.63) is 33.9 Å². The highest BCUT2D eigenvalue weighted by Crippen LogP contribution is 2.00. The van der Waals surface area contributed by atoms with Crippen molar-refractivity contribution < 1.29 is 9.52 Å². The van der Waals surface area contributed by atoms with Crippen LogP contribution in [0.25, 0.3) is 0 Å². The number of aliphatic hydroxyl groups is 1. The lowest BCUT2D eigenvalue weighted by molar-refractivity contribution is 0.279. The number of hydrogen-bond acceptors (Lipinski definition) is 3. The molecule has 0 amide bonds. The van der Waals surface area contributed by atoms with E-state index in [0.29, 0.717) is 11.1 Å². The summed E-state index contributed by atoms with van der Waals surface area (Å²) in [4.78, 5) is 10.7.